The molecule has 0 radical (unpaired) electrons. The van der Waals surface area contributed by atoms with Gasteiger partial charge >= 0.3 is 0 Å². The fourth-order valence-corrected chi connectivity index (χ4v) is 5.27. The first-order chi connectivity index (χ1) is 18.0. The molecule has 1 aliphatic heterocycles. The summed E-state index contributed by atoms with van der Waals surface area (Å²) in [5.74, 6) is 1.90. The lowest BCUT2D eigenvalue weighted by molar-refractivity contribution is 0.483. The van der Waals surface area contributed by atoms with E-state index >= 15 is 0 Å². The van der Waals surface area contributed by atoms with Gasteiger partial charge in [0.15, 0.2) is 0 Å². The molecule has 0 spiro atoms. The van der Waals surface area contributed by atoms with E-state index in [0.717, 1.165) is 64.2 Å². The fraction of sp³-hybridized carbons (Fsp3) is 0.321. The van der Waals surface area contributed by atoms with Crippen LogP contribution in [0.3, 0.4) is 0 Å². The van der Waals surface area contributed by atoms with Crippen LogP contribution in [-0.4, -0.2) is 55.4 Å². The predicted octanol–water partition coefficient (Wildman–Crippen LogP) is 4.64. The molecule has 2 N–H and O–H groups in total. The number of benzene rings is 2. The van der Waals surface area contributed by atoms with Crippen molar-refractivity contribution in [1.29, 1.82) is 0 Å². The topological polar surface area (TPSA) is 96.7 Å². The Balaban J connectivity index is 1.29. The lowest BCUT2D eigenvalue weighted by Crippen LogP contribution is -2.49. The predicted molar refractivity (Wildman–Crippen MR) is 148 cm³/mol. The third-order valence-electron chi connectivity index (χ3n) is 6.92. The molecular formula is C28H31N9. The van der Waals surface area contributed by atoms with E-state index in [1.807, 2.05) is 29.9 Å². The normalized spacial score (nSPS) is 16.1. The molecule has 188 valence electrons. The Labute approximate surface area is 216 Å². The zero-order valence-corrected chi connectivity index (χ0v) is 21.6. The number of hydrogen-bond acceptors (Lipinski definition) is 8. The summed E-state index contributed by atoms with van der Waals surface area (Å²) < 4.78 is 1.98. The SMILES string of the molecule is CC(C)c1c2cc(-c3ccnc(Nc4ccc5c(N6CCN[C@@H](C)C6)ncnc5c4)n3)ccc2nn1C. The molecule has 37 heavy (non-hydrogen) atoms. The lowest BCUT2D eigenvalue weighted by Gasteiger charge is -2.33. The van der Waals surface area contributed by atoms with Gasteiger partial charge < -0.3 is 15.5 Å². The number of rotatable bonds is 5. The van der Waals surface area contributed by atoms with E-state index in [0.29, 0.717) is 17.9 Å². The number of piperazine rings is 1. The molecule has 0 amide bonds. The standard InChI is InChI=1S/C28H31N9/c1-17(2)26-22-13-19(5-8-24(22)35-36(26)4)23-9-10-30-28(34-23)33-20-6-7-21-25(14-20)31-16-32-27(21)37-12-11-29-18(3)15-37/h5-10,13-14,16-18,29H,11-12,15H2,1-4H3,(H,30,33,34)/t18-/m0/s1. The monoisotopic (exact) mass is 493 g/mol. The van der Waals surface area contributed by atoms with Gasteiger partial charge in [0.1, 0.15) is 12.1 Å². The van der Waals surface area contributed by atoms with Crippen molar-refractivity contribution in [3.05, 3.63) is 60.7 Å². The van der Waals surface area contributed by atoms with Crippen molar-refractivity contribution in [3.63, 3.8) is 0 Å². The molecule has 5 aromatic rings. The number of nitrogens with zero attached hydrogens (tertiary/aromatic N) is 7. The number of aryl methyl sites for hydroxylation is 1. The van der Waals surface area contributed by atoms with Crippen LogP contribution in [0.15, 0.2) is 55.0 Å². The highest BCUT2D eigenvalue weighted by molar-refractivity contribution is 5.92. The third-order valence-corrected chi connectivity index (χ3v) is 6.92. The molecule has 0 unspecified atom stereocenters. The molecule has 6 rings (SSSR count). The van der Waals surface area contributed by atoms with Crippen LogP contribution >= 0.6 is 0 Å². The van der Waals surface area contributed by atoms with Crippen molar-refractivity contribution < 1.29 is 0 Å². The molecular weight excluding hydrogens is 462 g/mol. The minimum atomic E-state index is 0.375. The third kappa shape index (κ3) is 4.46. The molecule has 1 atom stereocenters. The Morgan fingerprint density at radius 3 is 2.73 bits per heavy atom. The maximum absolute atomic E-state index is 4.81. The Bertz CT molecular complexity index is 1590. The molecule has 9 nitrogen and oxygen atoms in total. The summed E-state index contributed by atoms with van der Waals surface area (Å²) in [6.07, 6.45) is 3.43. The van der Waals surface area contributed by atoms with Gasteiger partial charge in [-0.25, -0.2) is 19.9 Å². The summed E-state index contributed by atoms with van der Waals surface area (Å²) in [5.41, 5.74) is 5.88. The summed E-state index contributed by atoms with van der Waals surface area (Å²) in [6.45, 7) is 9.39. The first-order valence-corrected chi connectivity index (χ1v) is 12.8. The molecule has 3 aromatic heterocycles. The van der Waals surface area contributed by atoms with Crippen LogP contribution in [0.5, 0.6) is 0 Å². The number of fused-ring (bicyclic) bond motifs is 2. The Hall–Kier alpha value is -4.11. The van der Waals surface area contributed by atoms with E-state index in [1.54, 1.807) is 12.5 Å². The highest BCUT2D eigenvalue weighted by Crippen LogP contribution is 2.30. The number of aromatic nitrogens is 6. The second kappa shape index (κ2) is 9.40. The highest BCUT2D eigenvalue weighted by Gasteiger charge is 2.19. The van der Waals surface area contributed by atoms with Gasteiger partial charge in [-0.15, -0.1) is 0 Å². The van der Waals surface area contributed by atoms with Crippen LogP contribution in [0.25, 0.3) is 33.1 Å². The smallest absolute Gasteiger partial charge is 0.227 e. The summed E-state index contributed by atoms with van der Waals surface area (Å²) in [4.78, 5) is 20.7. The molecule has 1 aliphatic rings. The van der Waals surface area contributed by atoms with E-state index in [-0.39, 0.29) is 0 Å². The Morgan fingerprint density at radius 1 is 1.00 bits per heavy atom. The van der Waals surface area contributed by atoms with Gasteiger partial charge in [0, 0.05) is 66.6 Å². The van der Waals surface area contributed by atoms with Crippen molar-refractivity contribution in [1.82, 2.24) is 35.0 Å². The maximum atomic E-state index is 4.81. The molecule has 1 saturated heterocycles. The van der Waals surface area contributed by atoms with Crippen LogP contribution in [-0.2, 0) is 7.05 Å². The first kappa shape index (κ1) is 23.3. The Morgan fingerprint density at radius 2 is 1.89 bits per heavy atom. The molecule has 1 fully saturated rings. The zero-order valence-electron chi connectivity index (χ0n) is 21.6. The van der Waals surface area contributed by atoms with Gasteiger partial charge in [-0.1, -0.05) is 19.9 Å². The van der Waals surface area contributed by atoms with Crippen molar-refractivity contribution >= 4 is 39.3 Å². The maximum Gasteiger partial charge on any atom is 0.227 e. The summed E-state index contributed by atoms with van der Waals surface area (Å²) >= 11 is 0. The molecule has 2 aromatic carbocycles. The van der Waals surface area contributed by atoms with Crippen LogP contribution in [0.2, 0.25) is 0 Å². The Kier molecular flexibility index (Phi) is 5.92. The first-order valence-electron chi connectivity index (χ1n) is 12.8. The van der Waals surface area contributed by atoms with Gasteiger partial charge in [-0.2, -0.15) is 5.10 Å². The molecule has 0 saturated carbocycles. The van der Waals surface area contributed by atoms with Gasteiger partial charge in [0.25, 0.3) is 0 Å². The summed E-state index contributed by atoms with van der Waals surface area (Å²) in [7, 11) is 2.00. The van der Waals surface area contributed by atoms with E-state index in [4.69, 9.17) is 4.98 Å². The lowest BCUT2D eigenvalue weighted by atomic mass is 10.0. The van der Waals surface area contributed by atoms with Crippen LogP contribution in [0.1, 0.15) is 32.4 Å². The number of nitrogens with one attached hydrogen (secondary N) is 2. The summed E-state index contributed by atoms with van der Waals surface area (Å²) in [5, 5.41) is 13.7. The van der Waals surface area contributed by atoms with Gasteiger partial charge in [-0.3, -0.25) is 4.68 Å². The van der Waals surface area contributed by atoms with Gasteiger partial charge in [0.05, 0.1) is 16.7 Å². The highest BCUT2D eigenvalue weighted by atomic mass is 15.3. The van der Waals surface area contributed by atoms with Crippen molar-refractivity contribution in [3.8, 4) is 11.3 Å². The van der Waals surface area contributed by atoms with Gasteiger partial charge in [-0.05, 0) is 49.2 Å². The number of hydrogen-bond donors (Lipinski definition) is 2. The van der Waals surface area contributed by atoms with Gasteiger partial charge in [0.2, 0.25) is 5.95 Å². The average molecular weight is 494 g/mol. The molecule has 9 heteroatoms. The largest absolute Gasteiger partial charge is 0.353 e. The van der Waals surface area contributed by atoms with Crippen LogP contribution in [0.4, 0.5) is 17.5 Å². The van der Waals surface area contributed by atoms with E-state index < -0.39 is 0 Å². The van der Waals surface area contributed by atoms with Crippen molar-refractivity contribution in [2.75, 3.05) is 29.9 Å². The van der Waals surface area contributed by atoms with Crippen molar-refractivity contribution in [2.24, 2.45) is 7.05 Å². The van der Waals surface area contributed by atoms with E-state index in [2.05, 4.69) is 80.6 Å². The molecule has 4 heterocycles. The zero-order chi connectivity index (χ0) is 25.5. The van der Waals surface area contributed by atoms with Crippen LogP contribution < -0.4 is 15.5 Å². The summed E-state index contributed by atoms with van der Waals surface area (Å²) in [6, 6.07) is 14.8. The minimum absolute atomic E-state index is 0.375. The minimum Gasteiger partial charge on any atom is -0.353 e. The fourth-order valence-electron chi connectivity index (χ4n) is 5.27. The van der Waals surface area contributed by atoms with E-state index in [1.165, 1.54) is 5.69 Å². The van der Waals surface area contributed by atoms with E-state index in [9.17, 15) is 0 Å². The second-order valence-corrected chi connectivity index (χ2v) is 10.0. The van der Waals surface area contributed by atoms with Crippen molar-refractivity contribution in [2.45, 2.75) is 32.7 Å². The average Bonchev–Trinajstić information content (AvgIpc) is 3.23. The molecule has 0 aliphatic carbocycles. The molecule has 0 bridgehead atoms. The second-order valence-electron chi connectivity index (χ2n) is 10.0. The van der Waals surface area contributed by atoms with Crippen LogP contribution in [0, 0.1) is 0 Å². The number of anilines is 3. The quantitative estimate of drug-likeness (QED) is 0.366.